The van der Waals surface area contributed by atoms with Crippen molar-refractivity contribution in [3.8, 4) is 10.4 Å². The van der Waals surface area contributed by atoms with Gasteiger partial charge in [-0.2, -0.15) is 0 Å². The third kappa shape index (κ3) is 1.07. The summed E-state index contributed by atoms with van der Waals surface area (Å²) in [6.45, 7) is 2.03. The maximum absolute atomic E-state index is 4.18. The van der Waals surface area contributed by atoms with Gasteiger partial charge in [-0.25, -0.2) is 4.98 Å². The van der Waals surface area contributed by atoms with Crippen LogP contribution in [0.2, 0.25) is 0 Å². The fraction of sp³-hybridized carbons (Fsp3) is 0.125. The molecular weight excluding hydrogens is 156 g/mol. The van der Waals surface area contributed by atoms with Crippen LogP contribution in [0.3, 0.4) is 0 Å². The predicted octanol–water partition coefficient (Wildman–Crippen LogP) is 2.45. The molecule has 3 heteroatoms. The van der Waals surface area contributed by atoms with Gasteiger partial charge in [0.2, 0.25) is 0 Å². The fourth-order valence-electron chi connectivity index (χ4n) is 1.04. The lowest BCUT2D eigenvalue weighted by atomic mass is 10.2. The molecule has 0 aromatic carbocycles. The van der Waals surface area contributed by atoms with Crippen LogP contribution in [-0.4, -0.2) is 9.97 Å². The van der Waals surface area contributed by atoms with Crippen molar-refractivity contribution in [2.45, 2.75) is 6.92 Å². The Morgan fingerprint density at radius 3 is 3.00 bits per heavy atom. The highest BCUT2D eigenvalue weighted by Gasteiger charge is 2.02. The molecule has 0 unspecified atom stereocenters. The first-order valence-electron chi connectivity index (χ1n) is 3.41. The molecule has 56 valence electrons. The van der Waals surface area contributed by atoms with E-state index in [2.05, 4.69) is 16.0 Å². The van der Waals surface area contributed by atoms with E-state index in [1.165, 1.54) is 10.4 Å². The summed E-state index contributed by atoms with van der Waals surface area (Å²) in [6.07, 6.45) is 3.91. The Kier molecular flexibility index (Phi) is 1.51. The van der Waals surface area contributed by atoms with Gasteiger partial charge in [-0.3, -0.25) is 0 Å². The first kappa shape index (κ1) is 6.61. The summed E-state index contributed by atoms with van der Waals surface area (Å²) in [6, 6.07) is 2.06. The number of H-pyrrole nitrogens is 1. The minimum absolute atomic E-state index is 1.11. The Morgan fingerprint density at radius 1 is 1.55 bits per heavy atom. The molecule has 2 aromatic rings. The summed E-state index contributed by atoms with van der Waals surface area (Å²) in [4.78, 5) is 8.46. The van der Waals surface area contributed by atoms with Crippen molar-refractivity contribution >= 4 is 11.3 Å². The van der Waals surface area contributed by atoms with E-state index in [-0.39, 0.29) is 0 Å². The minimum Gasteiger partial charge on any atom is -0.367 e. The average molecular weight is 164 g/mol. The molecule has 0 aliphatic carbocycles. The van der Waals surface area contributed by atoms with Crippen molar-refractivity contribution < 1.29 is 0 Å². The minimum atomic E-state index is 1.11. The normalized spacial score (nSPS) is 10.3. The van der Waals surface area contributed by atoms with Crippen LogP contribution in [0.5, 0.6) is 0 Å². The van der Waals surface area contributed by atoms with E-state index in [9.17, 15) is 0 Å². The van der Waals surface area contributed by atoms with Crippen molar-refractivity contribution in [3.05, 3.63) is 29.7 Å². The largest absolute Gasteiger partial charge is 0.367 e. The molecule has 0 fully saturated rings. The monoisotopic (exact) mass is 164 g/mol. The van der Waals surface area contributed by atoms with Crippen molar-refractivity contribution in [1.29, 1.82) is 0 Å². The molecule has 0 aliphatic heterocycles. The van der Waals surface area contributed by atoms with Gasteiger partial charge in [0, 0.05) is 18.0 Å². The molecule has 0 aliphatic rings. The number of rotatable bonds is 1. The maximum atomic E-state index is 4.18. The van der Waals surface area contributed by atoms with Gasteiger partial charge in [0.15, 0.2) is 0 Å². The number of nitrogens with zero attached hydrogens (tertiary/aromatic N) is 1. The number of aryl methyl sites for hydroxylation is 1. The lowest BCUT2D eigenvalue weighted by molar-refractivity contribution is 1.27. The Balaban J connectivity index is 2.53. The quantitative estimate of drug-likeness (QED) is 0.689. The summed E-state index contributed by atoms with van der Waals surface area (Å²) >= 11 is 1.68. The molecule has 2 rings (SSSR count). The molecule has 1 N–H and O–H groups in total. The summed E-state index contributed by atoms with van der Waals surface area (Å²) in [5.74, 6) is 0. The van der Waals surface area contributed by atoms with E-state index >= 15 is 0 Å². The number of thiazole rings is 1. The summed E-state index contributed by atoms with van der Waals surface area (Å²) in [7, 11) is 0. The van der Waals surface area contributed by atoms with Crippen molar-refractivity contribution in [2.75, 3.05) is 0 Å². The Bertz CT molecular complexity index is 335. The van der Waals surface area contributed by atoms with Crippen LogP contribution in [0.4, 0.5) is 0 Å². The molecule has 0 saturated heterocycles. The van der Waals surface area contributed by atoms with Crippen LogP contribution in [0.15, 0.2) is 24.0 Å². The zero-order valence-electron chi connectivity index (χ0n) is 6.16. The molecular formula is C8H8N2S. The molecule has 0 bridgehead atoms. The third-order valence-electron chi connectivity index (χ3n) is 1.61. The number of aromatic amines is 1. The summed E-state index contributed by atoms with van der Waals surface area (Å²) < 4.78 is 0. The first-order valence-corrected chi connectivity index (χ1v) is 4.29. The molecule has 11 heavy (non-hydrogen) atoms. The molecule has 2 aromatic heterocycles. The Morgan fingerprint density at radius 2 is 2.45 bits per heavy atom. The van der Waals surface area contributed by atoms with Crippen LogP contribution in [0, 0.1) is 6.92 Å². The molecule has 0 spiro atoms. The van der Waals surface area contributed by atoms with Crippen LogP contribution in [0.25, 0.3) is 10.4 Å². The lowest BCUT2D eigenvalue weighted by Crippen LogP contribution is -1.72. The smallest absolute Gasteiger partial charge is 0.0801 e. The number of nitrogens with one attached hydrogen (secondary N) is 1. The molecule has 0 atom stereocenters. The van der Waals surface area contributed by atoms with Gasteiger partial charge in [0.25, 0.3) is 0 Å². The highest BCUT2D eigenvalue weighted by molar-refractivity contribution is 7.13. The fourth-order valence-corrected chi connectivity index (χ4v) is 1.85. The van der Waals surface area contributed by atoms with E-state index in [4.69, 9.17) is 0 Å². The van der Waals surface area contributed by atoms with Gasteiger partial charge in [-0.1, -0.05) is 0 Å². The van der Waals surface area contributed by atoms with E-state index in [1.807, 2.05) is 24.8 Å². The van der Waals surface area contributed by atoms with Crippen molar-refractivity contribution in [1.82, 2.24) is 9.97 Å². The van der Waals surface area contributed by atoms with E-state index in [1.54, 1.807) is 11.3 Å². The molecule has 0 radical (unpaired) electrons. The zero-order valence-corrected chi connectivity index (χ0v) is 6.98. The van der Waals surface area contributed by atoms with E-state index in [0.29, 0.717) is 0 Å². The number of aromatic nitrogens is 2. The first-order chi connectivity index (χ1) is 5.38. The molecule has 2 heterocycles. The van der Waals surface area contributed by atoms with Gasteiger partial charge >= 0.3 is 0 Å². The lowest BCUT2D eigenvalue weighted by Gasteiger charge is -1.90. The summed E-state index contributed by atoms with van der Waals surface area (Å²) in [5, 5.41) is 0. The second kappa shape index (κ2) is 2.51. The van der Waals surface area contributed by atoms with Gasteiger partial charge in [0.1, 0.15) is 0 Å². The van der Waals surface area contributed by atoms with Gasteiger partial charge in [-0.15, -0.1) is 11.3 Å². The van der Waals surface area contributed by atoms with Crippen LogP contribution in [0.1, 0.15) is 5.69 Å². The molecule has 0 saturated carbocycles. The number of hydrogen-bond acceptors (Lipinski definition) is 2. The second-order valence-electron chi connectivity index (χ2n) is 2.37. The maximum Gasteiger partial charge on any atom is 0.0801 e. The van der Waals surface area contributed by atoms with Gasteiger partial charge in [-0.05, 0) is 13.0 Å². The Labute approximate surface area is 68.9 Å². The van der Waals surface area contributed by atoms with Crippen LogP contribution < -0.4 is 0 Å². The predicted molar refractivity (Wildman–Crippen MR) is 46.6 cm³/mol. The highest BCUT2D eigenvalue weighted by Crippen LogP contribution is 2.25. The standard InChI is InChI=1S/C8H8N2S/c1-6-8(11-5-10-6)7-2-3-9-4-7/h2-5,9H,1H3. The topological polar surface area (TPSA) is 28.7 Å². The summed E-state index contributed by atoms with van der Waals surface area (Å²) in [5.41, 5.74) is 4.21. The Hall–Kier alpha value is -1.09. The molecule has 2 nitrogen and oxygen atoms in total. The zero-order chi connectivity index (χ0) is 7.68. The van der Waals surface area contributed by atoms with E-state index in [0.717, 1.165) is 5.69 Å². The van der Waals surface area contributed by atoms with Crippen molar-refractivity contribution in [3.63, 3.8) is 0 Å². The van der Waals surface area contributed by atoms with Gasteiger partial charge < -0.3 is 4.98 Å². The number of hydrogen-bond donors (Lipinski definition) is 1. The highest BCUT2D eigenvalue weighted by atomic mass is 32.1. The van der Waals surface area contributed by atoms with Crippen molar-refractivity contribution in [2.24, 2.45) is 0 Å². The third-order valence-corrected chi connectivity index (χ3v) is 2.58. The SMILES string of the molecule is Cc1ncsc1-c1cc[nH]c1. The van der Waals surface area contributed by atoms with Crippen LogP contribution >= 0.6 is 11.3 Å². The second-order valence-corrected chi connectivity index (χ2v) is 3.22. The average Bonchev–Trinajstić information content (AvgIpc) is 2.55. The van der Waals surface area contributed by atoms with Crippen LogP contribution in [-0.2, 0) is 0 Å². The molecule has 0 amide bonds. The van der Waals surface area contributed by atoms with E-state index < -0.39 is 0 Å². The van der Waals surface area contributed by atoms with Gasteiger partial charge in [0.05, 0.1) is 16.1 Å².